The molecule has 0 amide bonds. The Kier molecular flexibility index (Phi) is 6.75. The van der Waals surface area contributed by atoms with Gasteiger partial charge >= 0.3 is 0 Å². The summed E-state index contributed by atoms with van der Waals surface area (Å²) in [5.41, 5.74) is 4.20. The molecule has 7 nitrogen and oxygen atoms in total. The van der Waals surface area contributed by atoms with Gasteiger partial charge in [0.2, 0.25) is 4.96 Å². The molecule has 0 spiro atoms. The number of nitrogens with zero attached hydrogens (tertiary/aromatic N) is 5. The van der Waals surface area contributed by atoms with E-state index >= 15 is 0 Å². The molecule has 9 heteroatoms. The van der Waals surface area contributed by atoms with Crippen LogP contribution in [0.15, 0.2) is 89.7 Å². The lowest BCUT2D eigenvalue weighted by atomic mass is 10.0. The number of hydrogen-bond acceptors (Lipinski definition) is 7. The standard InChI is InChI=1S/C30H23N5O2S2/c1-3-15-37-25-13-11-21(17-20(25)2)28-22(19-34(33-28)23-8-5-4-6-9-23)18-26-29(36)35-30(39-26)31-27(32-35)14-12-24-10-7-16-38-24/h3-14,16-19H,1,15H2,2H3/b14-12+,26-18-. The largest absolute Gasteiger partial charge is 0.489 e. The molecule has 0 radical (unpaired) electrons. The molecule has 0 aliphatic heterocycles. The Morgan fingerprint density at radius 3 is 2.67 bits per heavy atom. The fourth-order valence-corrected chi connectivity index (χ4v) is 5.66. The second-order valence-corrected chi connectivity index (χ2v) is 10.7. The monoisotopic (exact) mass is 549 g/mol. The van der Waals surface area contributed by atoms with E-state index in [2.05, 4.69) is 16.7 Å². The number of fused-ring (bicyclic) bond motifs is 1. The van der Waals surface area contributed by atoms with E-state index in [0.29, 0.717) is 21.9 Å². The van der Waals surface area contributed by atoms with Crippen LogP contribution in [-0.4, -0.2) is 31.0 Å². The summed E-state index contributed by atoms with van der Waals surface area (Å²) in [6, 6.07) is 19.8. The zero-order chi connectivity index (χ0) is 26.8. The van der Waals surface area contributed by atoms with Crippen LogP contribution >= 0.6 is 22.7 Å². The first-order valence-corrected chi connectivity index (χ1v) is 13.9. The molecule has 4 aromatic heterocycles. The molecule has 0 N–H and O–H groups in total. The maximum absolute atomic E-state index is 13.3. The Balaban J connectivity index is 1.42. The first-order valence-electron chi connectivity index (χ1n) is 12.2. The molecule has 0 saturated carbocycles. The summed E-state index contributed by atoms with van der Waals surface area (Å²) in [7, 11) is 0. The summed E-state index contributed by atoms with van der Waals surface area (Å²) in [5.74, 6) is 1.30. The molecule has 2 aromatic carbocycles. The molecule has 192 valence electrons. The fourth-order valence-electron chi connectivity index (χ4n) is 4.14. The molecule has 0 bridgehead atoms. The normalized spacial score (nSPS) is 12.1. The van der Waals surface area contributed by atoms with Crippen LogP contribution in [0.4, 0.5) is 0 Å². The van der Waals surface area contributed by atoms with E-state index in [1.165, 1.54) is 15.9 Å². The number of thiazole rings is 1. The van der Waals surface area contributed by atoms with Gasteiger partial charge < -0.3 is 4.74 Å². The first kappa shape index (κ1) is 24.7. The van der Waals surface area contributed by atoms with Crippen LogP contribution in [0.25, 0.3) is 40.1 Å². The number of thiophene rings is 1. The van der Waals surface area contributed by atoms with Crippen molar-refractivity contribution in [2.75, 3.05) is 6.61 Å². The van der Waals surface area contributed by atoms with Gasteiger partial charge in [0.25, 0.3) is 5.56 Å². The van der Waals surface area contributed by atoms with E-state index in [0.717, 1.165) is 38.7 Å². The number of para-hydroxylation sites is 1. The summed E-state index contributed by atoms with van der Waals surface area (Å²) < 4.78 is 9.48. The molecule has 0 aliphatic carbocycles. The van der Waals surface area contributed by atoms with Crippen molar-refractivity contribution in [2.45, 2.75) is 6.92 Å². The van der Waals surface area contributed by atoms with Crippen molar-refractivity contribution in [2.24, 2.45) is 0 Å². The van der Waals surface area contributed by atoms with E-state index in [1.807, 2.05) is 102 Å². The van der Waals surface area contributed by atoms with Crippen LogP contribution in [0.3, 0.4) is 0 Å². The number of ether oxygens (including phenoxy) is 1. The van der Waals surface area contributed by atoms with Crippen LogP contribution < -0.4 is 14.8 Å². The van der Waals surface area contributed by atoms with Gasteiger partial charge in [0.15, 0.2) is 5.82 Å². The minimum atomic E-state index is -0.207. The molecule has 6 rings (SSSR count). The lowest BCUT2D eigenvalue weighted by Gasteiger charge is -2.08. The Bertz CT molecular complexity index is 1920. The molecule has 0 aliphatic rings. The molecule has 0 atom stereocenters. The molecular weight excluding hydrogens is 526 g/mol. The average Bonchev–Trinajstić information content (AvgIpc) is 3.74. The van der Waals surface area contributed by atoms with Crippen molar-refractivity contribution in [3.8, 4) is 22.7 Å². The molecule has 4 heterocycles. The molecule has 6 aromatic rings. The molecule has 39 heavy (non-hydrogen) atoms. The second kappa shape index (κ2) is 10.6. The highest BCUT2D eigenvalue weighted by Crippen LogP contribution is 2.29. The van der Waals surface area contributed by atoms with Gasteiger partial charge in [0, 0.05) is 22.2 Å². The average molecular weight is 550 g/mol. The van der Waals surface area contributed by atoms with Gasteiger partial charge in [-0.05, 0) is 72.5 Å². The van der Waals surface area contributed by atoms with Gasteiger partial charge in [0.05, 0.1) is 10.2 Å². The topological polar surface area (TPSA) is 74.3 Å². The Hall–Kier alpha value is -4.60. The van der Waals surface area contributed by atoms with Gasteiger partial charge in [-0.15, -0.1) is 16.4 Å². The Morgan fingerprint density at radius 1 is 1.05 bits per heavy atom. The second-order valence-electron chi connectivity index (χ2n) is 8.72. The Labute approximate surface area is 232 Å². The zero-order valence-corrected chi connectivity index (χ0v) is 22.7. The number of aryl methyl sites for hydroxylation is 1. The summed E-state index contributed by atoms with van der Waals surface area (Å²) in [6.07, 6.45) is 9.29. The summed E-state index contributed by atoms with van der Waals surface area (Å²) >= 11 is 2.94. The molecule has 0 fully saturated rings. The van der Waals surface area contributed by atoms with Crippen LogP contribution in [-0.2, 0) is 0 Å². The third-order valence-electron chi connectivity index (χ3n) is 5.99. The third kappa shape index (κ3) is 5.09. The van der Waals surface area contributed by atoms with E-state index in [1.54, 1.807) is 17.4 Å². The van der Waals surface area contributed by atoms with Crippen LogP contribution in [0, 0.1) is 6.92 Å². The van der Waals surface area contributed by atoms with E-state index < -0.39 is 0 Å². The van der Waals surface area contributed by atoms with Crippen molar-refractivity contribution in [1.29, 1.82) is 0 Å². The molecule has 0 unspecified atom stereocenters. The SMILES string of the molecule is C=CCOc1ccc(-c2nn(-c3ccccc3)cc2/C=c2\sc3nc(/C=C/c4cccs4)nn3c2=O)cc1C. The minimum Gasteiger partial charge on any atom is -0.489 e. The lowest BCUT2D eigenvalue weighted by Crippen LogP contribution is -2.23. The van der Waals surface area contributed by atoms with E-state index in [9.17, 15) is 4.79 Å². The van der Waals surface area contributed by atoms with Crippen molar-refractivity contribution >= 4 is 45.9 Å². The fraction of sp³-hybridized carbons (Fsp3) is 0.0667. The highest BCUT2D eigenvalue weighted by molar-refractivity contribution is 7.15. The molecular formula is C30H23N5O2S2. The van der Waals surface area contributed by atoms with Crippen molar-refractivity contribution < 1.29 is 4.74 Å². The van der Waals surface area contributed by atoms with Crippen LogP contribution in [0.2, 0.25) is 0 Å². The number of aromatic nitrogens is 5. The zero-order valence-electron chi connectivity index (χ0n) is 21.0. The van der Waals surface area contributed by atoms with Crippen molar-refractivity contribution in [3.63, 3.8) is 0 Å². The maximum Gasteiger partial charge on any atom is 0.291 e. The summed E-state index contributed by atoms with van der Waals surface area (Å²) in [4.78, 5) is 19.5. The van der Waals surface area contributed by atoms with Gasteiger partial charge in [0.1, 0.15) is 18.1 Å². The third-order valence-corrected chi connectivity index (χ3v) is 7.79. The number of hydrogen-bond donors (Lipinski definition) is 0. The van der Waals surface area contributed by atoms with Gasteiger partial charge in [-0.2, -0.15) is 14.6 Å². The van der Waals surface area contributed by atoms with Crippen LogP contribution in [0.1, 0.15) is 21.8 Å². The highest BCUT2D eigenvalue weighted by Gasteiger charge is 2.15. The predicted octanol–water partition coefficient (Wildman–Crippen LogP) is 5.66. The number of rotatable bonds is 8. The minimum absolute atomic E-state index is 0.207. The lowest BCUT2D eigenvalue weighted by molar-refractivity contribution is 0.361. The first-order chi connectivity index (χ1) is 19.1. The van der Waals surface area contributed by atoms with E-state index in [-0.39, 0.29) is 5.56 Å². The van der Waals surface area contributed by atoms with Gasteiger partial charge in [-0.3, -0.25) is 4.79 Å². The van der Waals surface area contributed by atoms with Gasteiger partial charge in [-0.1, -0.05) is 48.3 Å². The molecule has 0 saturated heterocycles. The van der Waals surface area contributed by atoms with Crippen molar-refractivity contribution in [3.05, 3.63) is 122 Å². The van der Waals surface area contributed by atoms with E-state index in [4.69, 9.17) is 9.84 Å². The van der Waals surface area contributed by atoms with Crippen LogP contribution in [0.5, 0.6) is 5.75 Å². The smallest absolute Gasteiger partial charge is 0.291 e. The Morgan fingerprint density at radius 2 is 1.92 bits per heavy atom. The predicted molar refractivity (Wildman–Crippen MR) is 159 cm³/mol. The maximum atomic E-state index is 13.3. The summed E-state index contributed by atoms with van der Waals surface area (Å²) in [6.45, 7) is 6.16. The number of benzene rings is 2. The quantitative estimate of drug-likeness (QED) is 0.229. The summed E-state index contributed by atoms with van der Waals surface area (Å²) in [5, 5.41) is 11.3. The van der Waals surface area contributed by atoms with Crippen molar-refractivity contribution in [1.82, 2.24) is 24.4 Å². The highest BCUT2D eigenvalue weighted by atomic mass is 32.1. The van der Waals surface area contributed by atoms with Gasteiger partial charge in [-0.25, -0.2) is 4.68 Å².